The van der Waals surface area contributed by atoms with Crippen molar-refractivity contribution in [3.63, 3.8) is 0 Å². The minimum atomic E-state index is -4.58. The number of benzene rings is 1. The molecule has 0 spiro atoms. The number of alkyl halides is 3. The Morgan fingerprint density at radius 1 is 1.24 bits per heavy atom. The van der Waals surface area contributed by atoms with Gasteiger partial charge in [-0.3, -0.25) is 4.79 Å². The number of ether oxygens (including phenoxy) is 1. The van der Waals surface area contributed by atoms with Crippen molar-refractivity contribution in [2.45, 2.75) is 30.1 Å². The molecule has 0 aliphatic carbocycles. The summed E-state index contributed by atoms with van der Waals surface area (Å²) in [5.41, 5.74) is -0.250. The van der Waals surface area contributed by atoms with Gasteiger partial charge in [-0.05, 0) is 31.0 Å². The summed E-state index contributed by atoms with van der Waals surface area (Å²) >= 11 is 0. The lowest BCUT2D eigenvalue weighted by atomic mass is 9.91. The zero-order valence-electron chi connectivity index (χ0n) is 17.1. The van der Waals surface area contributed by atoms with E-state index in [4.69, 9.17) is 9.88 Å². The first-order valence-corrected chi connectivity index (χ1v) is 11.0. The van der Waals surface area contributed by atoms with Crippen LogP contribution in [-0.2, 0) is 14.8 Å². The van der Waals surface area contributed by atoms with Gasteiger partial charge in [-0.2, -0.15) is 17.6 Å². The number of methoxy groups -OCH3 is 1. The molecular weight excluding hydrogens is 475 g/mol. The Morgan fingerprint density at radius 3 is 2.55 bits per heavy atom. The van der Waals surface area contributed by atoms with E-state index in [0.29, 0.717) is 0 Å². The molecule has 2 atom stereocenters. The van der Waals surface area contributed by atoms with Crippen molar-refractivity contribution in [1.29, 1.82) is 0 Å². The van der Waals surface area contributed by atoms with Crippen LogP contribution in [0.4, 0.5) is 33.3 Å². The first kappa shape index (κ1) is 24.6. The molecule has 1 aliphatic rings. The normalized spacial score (nSPS) is 19.3. The highest BCUT2D eigenvalue weighted by atomic mass is 32.2. The van der Waals surface area contributed by atoms with Gasteiger partial charge in [0.05, 0.1) is 18.7 Å². The summed E-state index contributed by atoms with van der Waals surface area (Å²) in [4.78, 5) is 17.6. The molecule has 2 heterocycles. The van der Waals surface area contributed by atoms with Crippen LogP contribution in [0.15, 0.2) is 35.5 Å². The van der Waals surface area contributed by atoms with Gasteiger partial charge in [0, 0.05) is 24.5 Å². The molecule has 0 bridgehead atoms. The van der Waals surface area contributed by atoms with E-state index in [1.165, 1.54) is 6.07 Å². The number of primary sulfonamides is 1. The molecule has 1 amide bonds. The number of rotatable bonds is 5. The molecule has 33 heavy (non-hydrogen) atoms. The van der Waals surface area contributed by atoms with Crippen molar-refractivity contribution in [1.82, 2.24) is 4.98 Å². The number of sulfonamides is 1. The first-order valence-electron chi connectivity index (χ1n) is 9.48. The average Bonchev–Trinajstić information content (AvgIpc) is 2.74. The molecule has 1 aromatic carbocycles. The topological polar surface area (TPSA) is 115 Å². The third-order valence-corrected chi connectivity index (χ3v) is 5.99. The van der Waals surface area contributed by atoms with Crippen LogP contribution in [0.5, 0.6) is 5.75 Å². The summed E-state index contributed by atoms with van der Waals surface area (Å²) < 4.78 is 96.0. The van der Waals surface area contributed by atoms with Crippen molar-refractivity contribution in [3.8, 4) is 5.75 Å². The molecule has 3 N–H and O–H groups in total. The lowest BCUT2D eigenvalue weighted by molar-refractivity contribution is -0.177. The highest BCUT2D eigenvalue weighted by Gasteiger charge is 2.46. The van der Waals surface area contributed by atoms with E-state index in [1.54, 1.807) is 0 Å². The predicted octanol–water partition coefficient (Wildman–Crippen LogP) is 2.80. The third-order valence-electron chi connectivity index (χ3n) is 5.18. The molecule has 14 heteroatoms. The molecule has 1 saturated heterocycles. The Morgan fingerprint density at radius 2 is 1.94 bits per heavy atom. The van der Waals surface area contributed by atoms with Crippen LogP contribution in [0.3, 0.4) is 0 Å². The lowest BCUT2D eigenvalue weighted by Gasteiger charge is -2.41. The Balaban J connectivity index is 1.97. The van der Waals surface area contributed by atoms with Gasteiger partial charge in [0.15, 0.2) is 16.6 Å². The van der Waals surface area contributed by atoms with Gasteiger partial charge in [-0.15, -0.1) is 0 Å². The number of carbonyl (C=O) groups is 1. The fourth-order valence-electron chi connectivity index (χ4n) is 3.59. The van der Waals surface area contributed by atoms with E-state index < -0.39 is 63.0 Å². The second kappa shape index (κ2) is 9.09. The van der Waals surface area contributed by atoms with E-state index in [9.17, 15) is 35.2 Å². The molecule has 1 aromatic heterocycles. The first-order chi connectivity index (χ1) is 15.3. The molecule has 0 radical (unpaired) electrons. The maximum Gasteiger partial charge on any atom is 0.393 e. The molecule has 1 aliphatic heterocycles. The fourth-order valence-corrected chi connectivity index (χ4v) is 4.09. The zero-order valence-corrected chi connectivity index (χ0v) is 17.9. The van der Waals surface area contributed by atoms with Gasteiger partial charge in [0.2, 0.25) is 11.7 Å². The second-order valence-electron chi connectivity index (χ2n) is 7.31. The van der Waals surface area contributed by atoms with Crippen molar-refractivity contribution >= 4 is 27.3 Å². The second-order valence-corrected chi connectivity index (χ2v) is 8.82. The largest absolute Gasteiger partial charge is 0.491 e. The minimum Gasteiger partial charge on any atom is -0.491 e. The number of nitrogens with two attached hydrogens (primary N) is 1. The standard InChI is InChI=1S/C19H19F5N4O4S/c1-32-17-13(5-3-12(20)16(17)21)28-9-10(19(22,23)24)2-4-14(28)18(29)27-11-6-7-26-15(8-11)33(25,30)31/h3,5-8,10,14H,2,4,9H2,1H3,(H2,25,30,31)(H,26,27,29)/t10-,14?/m0/s1. The lowest BCUT2D eigenvalue weighted by Crippen LogP contribution is -2.52. The Kier molecular flexibility index (Phi) is 6.79. The number of anilines is 2. The molecule has 0 saturated carbocycles. The number of halogens is 5. The molecule has 3 rings (SSSR count). The zero-order chi connectivity index (χ0) is 24.6. The van der Waals surface area contributed by atoms with Gasteiger partial charge >= 0.3 is 6.18 Å². The molecular formula is C19H19F5N4O4S. The summed E-state index contributed by atoms with van der Waals surface area (Å²) in [6.07, 6.45) is -4.17. The fraction of sp³-hybridized carbons (Fsp3) is 0.368. The highest BCUT2D eigenvalue weighted by molar-refractivity contribution is 7.89. The van der Waals surface area contributed by atoms with Crippen LogP contribution in [0.25, 0.3) is 0 Å². The smallest absolute Gasteiger partial charge is 0.393 e. The Labute approximate surface area is 185 Å². The van der Waals surface area contributed by atoms with E-state index in [1.807, 2.05) is 0 Å². The molecule has 1 fully saturated rings. The number of hydrogen-bond donors (Lipinski definition) is 2. The van der Waals surface area contributed by atoms with Crippen molar-refractivity contribution in [2.24, 2.45) is 11.1 Å². The molecule has 2 aromatic rings. The summed E-state index contributed by atoms with van der Waals surface area (Å²) in [6.45, 7) is -0.707. The molecule has 180 valence electrons. The number of pyridine rings is 1. The van der Waals surface area contributed by atoms with Crippen molar-refractivity contribution in [2.75, 3.05) is 23.9 Å². The van der Waals surface area contributed by atoms with Gasteiger partial charge in [-0.25, -0.2) is 22.9 Å². The number of nitrogens with zero attached hydrogens (tertiary/aromatic N) is 2. The number of carbonyl (C=O) groups excluding carboxylic acids is 1. The number of nitrogens with one attached hydrogen (secondary N) is 1. The summed E-state index contributed by atoms with van der Waals surface area (Å²) in [6, 6.07) is 2.77. The quantitative estimate of drug-likeness (QED) is 0.618. The van der Waals surface area contributed by atoms with E-state index >= 15 is 0 Å². The van der Waals surface area contributed by atoms with Gasteiger partial charge in [0.25, 0.3) is 10.0 Å². The van der Waals surface area contributed by atoms with Gasteiger partial charge < -0.3 is 15.0 Å². The van der Waals surface area contributed by atoms with E-state index in [2.05, 4.69) is 10.3 Å². The van der Waals surface area contributed by atoms with Crippen LogP contribution in [0, 0.1) is 17.6 Å². The minimum absolute atomic E-state index is 0.0193. The average molecular weight is 494 g/mol. The molecule has 1 unspecified atom stereocenters. The number of hydrogen-bond acceptors (Lipinski definition) is 6. The highest BCUT2D eigenvalue weighted by Crippen LogP contribution is 2.41. The Bertz CT molecular complexity index is 1160. The van der Waals surface area contributed by atoms with Crippen molar-refractivity contribution < 1.29 is 39.9 Å². The number of aromatic nitrogens is 1. The maximum absolute atomic E-state index is 14.3. The van der Waals surface area contributed by atoms with E-state index in [0.717, 1.165) is 36.4 Å². The van der Waals surface area contributed by atoms with Crippen LogP contribution >= 0.6 is 0 Å². The van der Waals surface area contributed by atoms with Gasteiger partial charge in [-0.1, -0.05) is 0 Å². The van der Waals surface area contributed by atoms with Crippen LogP contribution in [0.1, 0.15) is 12.8 Å². The van der Waals surface area contributed by atoms with Crippen LogP contribution < -0.4 is 20.1 Å². The summed E-state index contributed by atoms with van der Waals surface area (Å²) in [7, 11) is -3.15. The summed E-state index contributed by atoms with van der Waals surface area (Å²) in [5.74, 6) is -5.94. The SMILES string of the molecule is COc1c(N2C[C@@H](C(F)(F)F)CCC2C(=O)Nc2ccnc(S(N)(=O)=O)c2)ccc(F)c1F. The van der Waals surface area contributed by atoms with E-state index in [-0.39, 0.29) is 24.2 Å². The summed E-state index contributed by atoms with van der Waals surface area (Å²) in [5, 5.41) is 6.90. The number of amides is 1. The Hall–Kier alpha value is -3.00. The monoisotopic (exact) mass is 494 g/mol. The number of piperidine rings is 1. The van der Waals surface area contributed by atoms with Crippen LogP contribution in [-0.4, -0.2) is 45.2 Å². The predicted molar refractivity (Wildman–Crippen MR) is 107 cm³/mol. The van der Waals surface area contributed by atoms with Crippen molar-refractivity contribution in [3.05, 3.63) is 42.1 Å². The van der Waals surface area contributed by atoms with Gasteiger partial charge in [0.1, 0.15) is 6.04 Å². The van der Waals surface area contributed by atoms with Crippen LogP contribution in [0.2, 0.25) is 0 Å². The maximum atomic E-state index is 14.3. The molecule has 8 nitrogen and oxygen atoms in total. The third kappa shape index (κ3) is 5.33.